The van der Waals surface area contributed by atoms with E-state index >= 15 is 0 Å². The monoisotopic (exact) mass is 488 g/mol. The molecule has 3 heterocycles. The summed E-state index contributed by atoms with van der Waals surface area (Å²) in [6.07, 6.45) is 4.20. The first-order valence-electron chi connectivity index (χ1n) is 12.1. The summed E-state index contributed by atoms with van der Waals surface area (Å²) in [5.41, 5.74) is 3.57. The molecule has 3 amide bonds. The topological polar surface area (TPSA) is 94.3 Å². The highest BCUT2D eigenvalue weighted by atomic mass is 32.2. The minimum absolute atomic E-state index is 0.126. The number of hydrogen-bond acceptors (Lipinski definition) is 4. The number of rotatable bonds is 6. The fourth-order valence-corrected chi connectivity index (χ4v) is 6.90. The zero-order chi connectivity index (χ0) is 24.3. The van der Waals surface area contributed by atoms with Gasteiger partial charge in [0.05, 0.1) is 0 Å². The van der Waals surface area contributed by atoms with Crippen LogP contribution in [0.3, 0.4) is 0 Å². The van der Waals surface area contributed by atoms with Gasteiger partial charge in [0.15, 0.2) is 0 Å². The first-order chi connectivity index (χ1) is 16.8. The van der Waals surface area contributed by atoms with Gasteiger partial charge in [-0.1, -0.05) is 36.4 Å². The number of hydrogen-bond donors (Lipinski definition) is 3. The van der Waals surface area contributed by atoms with E-state index in [0.717, 1.165) is 34.9 Å². The Morgan fingerprint density at radius 1 is 1.14 bits per heavy atom. The van der Waals surface area contributed by atoms with E-state index in [-0.39, 0.29) is 29.1 Å². The summed E-state index contributed by atoms with van der Waals surface area (Å²) in [5.74, 6) is -0.594. The number of para-hydroxylation sites is 1. The van der Waals surface area contributed by atoms with Gasteiger partial charge in [-0.15, -0.1) is 11.8 Å². The van der Waals surface area contributed by atoms with Crippen molar-refractivity contribution in [2.45, 2.75) is 61.4 Å². The number of nitrogens with zero attached hydrogens (tertiary/aromatic N) is 1. The van der Waals surface area contributed by atoms with Crippen LogP contribution >= 0.6 is 11.8 Å². The zero-order valence-electron chi connectivity index (χ0n) is 19.7. The van der Waals surface area contributed by atoms with E-state index in [1.165, 1.54) is 0 Å². The normalized spacial score (nSPS) is 23.1. The molecule has 35 heavy (non-hydrogen) atoms. The second-order valence-electron chi connectivity index (χ2n) is 10.2. The minimum atomic E-state index is -0.734. The number of aromatic nitrogens is 1. The van der Waals surface area contributed by atoms with Crippen molar-refractivity contribution in [3.63, 3.8) is 0 Å². The SMILES string of the molecule is CC1(C)SC2c3ccccc3C(=O)N2C1C(=O)NC(Cc1c[nH]c2ccccc12)C(=O)NC1CC1. The Balaban J connectivity index is 1.28. The Labute approximate surface area is 208 Å². The molecule has 7 nitrogen and oxygen atoms in total. The summed E-state index contributed by atoms with van der Waals surface area (Å²) >= 11 is 1.62. The molecule has 2 aromatic carbocycles. The van der Waals surface area contributed by atoms with E-state index < -0.39 is 16.8 Å². The van der Waals surface area contributed by atoms with Crippen LogP contribution in [0.2, 0.25) is 0 Å². The molecule has 1 saturated carbocycles. The van der Waals surface area contributed by atoms with E-state index in [1.807, 2.05) is 68.6 Å². The summed E-state index contributed by atoms with van der Waals surface area (Å²) < 4.78 is -0.504. The van der Waals surface area contributed by atoms with Crippen LogP contribution < -0.4 is 10.6 Å². The molecule has 180 valence electrons. The number of thioether (sulfide) groups is 1. The van der Waals surface area contributed by atoms with E-state index in [0.29, 0.717) is 12.0 Å². The summed E-state index contributed by atoms with van der Waals surface area (Å²) in [5, 5.41) is 6.93. The van der Waals surface area contributed by atoms with Crippen LogP contribution in [0.4, 0.5) is 0 Å². The molecule has 3 atom stereocenters. The van der Waals surface area contributed by atoms with E-state index in [2.05, 4.69) is 15.6 Å². The van der Waals surface area contributed by atoms with Gasteiger partial charge in [-0.05, 0) is 49.9 Å². The van der Waals surface area contributed by atoms with Crippen LogP contribution in [0.25, 0.3) is 10.9 Å². The maximum absolute atomic E-state index is 13.8. The molecule has 1 aromatic heterocycles. The number of carbonyl (C=O) groups is 3. The molecule has 3 aromatic rings. The maximum Gasteiger partial charge on any atom is 0.256 e. The molecule has 3 N–H and O–H groups in total. The Morgan fingerprint density at radius 3 is 2.69 bits per heavy atom. The number of amides is 3. The summed E-state index contributed by atoms with van der Waals surface area (Å²) in [4.78, 5) is 45.3. The lowest BCUT2D eigenvalue weighted by atomic mass is 9.99. The van der Waals surface area contributed by atoms with Gasteiger partial charge in [0.1, 0.15) is 17.5 Å². The molecule has 8 heteroatoms. The van der Waals surface area contributed by atoms with Crippen molar-refractivity contribution in [2.75, 3.05) is 0 Å². The molecule has 3 aliphatic rings. The largest absolute Gasteiger partial charge is 0.361 e. The van der Waals surface area contributed by atoms with E-state index in [1.54, 1.807) is 16.7 Å². The lowest BCUT2D eigenvalue weighted by Gasteiger charge is -2.31. The zero-order valence-corrected chi connectivity index (χ0v) is 20.5. The molecular formula is C27H28N4O3S. The molecule has 0 bridgehead atoms. The Hall–Kier alpha value is -3.26. The van der Waals surface area contributed by atoms with Crippen LogP contribution in [-0.4, -0.2) is 50.5 Å². The van der Waals surface area contributed by atoms with Crippen LogP contribution in [0, 0.1) is 0 Å². The van der Waals surface area contributed by atoms with Gasteiger partial charge in [-0.25, -0.2) is 0 Å². The van der Waals surface area contributed by atoms with Crippen molar-refractivity contribution >= 4 is 40.4 Å². The maximum atomic E-state index is 13.8. The predicted molar refractivity (Wildman–Crippen MR) is 136 cm³/mol. The van der Waals surface area contributed by atoms with Gasteiger partial charge >= 0.3 is 0 Å². The van der Waals surface area contributed by atoms with Gasteiger partial charge in [-0.3, -0.25) is 14.4 Å². The second-order valence-corrected chi connectivity index (χ2v) is 11.9. The highest BCUT2D eigenvalue weighted by Crippen LogP contribution is 2.56. The van der Waals surface area contributed by atoms with Gasteiger partial charge in [0, 0.05) is 39.9 Å². The van der Waals surface area contributed by atoms with Crippen molar-refractivity contribution in [3.05, 3.63) is 71.4 Å². The van der Waals surface area contributed by atoms with E-state index in [4.69, 9.17) is 0 Å². The number of carbonyl (C=O) groups excluding carboxylic acids is 3. The quantitative estimate of drug-likeness (QED) is 0.495. The van der Waals surface area contributed by atoms with Crippen LogP contribution in [0.5, 0.6) is 0 Å². The first kappa shape index (κ1) is 22.2. The average Bonchev–Trinajstić information content (AvgIpc) is 3.41. The minimum Gasteiger partial charge on any atom is -0.361 e. The van der Waals surface area contributed by atoms with Gasteiger partial charge in [-0.2, -0.15) is 0 Å². The molecule has 0 radical (unpaired) electrons. The van der Waals surface area contributed by atoms with Gasteiger partial charge in [0.25, 0.3) is 5.91 Å². The molecular weight excluding hydrogens is 460 g/mol. The van der Waals surface area contributed by atoms with Crippen molar-refractivity contribution in [1.82, 2.24) is 20.5 Å². The van der Waals surface area contributed by atoms with Crippen LogP contribution in [0.1, 0.15) is 53.5 Å². The summed E-state index contributed by atoms with van der Waals surface area (Å²) in [6, 6.07) is 14.3. The highest BCUT2D eigenvalue weighted by molar-refractivity contribution is 8.01. The highest BCUT2D eigenvalue weighted by Gasteiger charge is 2.57. The molecule has 2 fully saturated rings. The van der Waals surface area contributed by atoms with Crippen molar-refractivity contribution < 1.29 is 14.4 Å². The Morgan fingerprint density at radius 2 is 1.89 bits per heavy atom. The Kier molecular flexibility index (Phi) is 5.18. The number of H-pyrrole nitrogens is 1. The standard InChI is InChI=1S/C27H28N4O3S/c1-27(2)22(31-25(34)18-8-3-4-9-19(18)26(31)35-27)24(33)30-21(23(32)29-16-11-12-16)13-15-14-28-20-10-6-5-7-17(15)20/h3-10,14,16,21-22,26,28H,11-13H2,1-2H3,(H,29,32)(H,30,33). The first-order valence-corrected chi connectivity index (χ1v) is 13.0. The van der Waals surface area contributed by atoms with Crippen LogP contribution in [0.15, 0.2) is 54.7 Å². The Bertz CT molecular complexity index is 1340. The predicted octanol–water partition coefficient (Wildman–Crippen LogP) is 3.52. The fourth-order valence-electron chi connectivity index (χ4n) is 5.31. The summed E-state index contributed by atoms with van der Waals surface area (Å²) in [6.45, 7) is 3.99. The van der Waals surface area contributed by atoms with Gasteiger partial charge < -0.3 is 20.5 Å². The third-order valence-corrected chi connectivity index (χ3v) is 8.74. The second kappa shape index (κ2) is 8.16. The average molecular weight is 489 g/mol. The smallest absolute Gasteiger partial charge is 0.256 e. The number of nitrogens with one attached hydrogen (secondary N) is 3. The fraction of sp³-hybridized carbons (Fsp3) is 0.370. The number of benzene rings is 2. The van der Waals surface area contributed by atoms with Crippen LogP contribution in [-0.2, 0) is 16.0 Å². The van der Waals surface area contributed by atoms with Crippen molar-refractivity contribution in [2.24, 2.45) is 0 Å². The molecule has 3 unspecified atom stereocenters. The van der Waals surface area contributed by atoms with Gasteiger partial charge in [0.2, 0.25) is 11.8 Å². The third-order valence-electron chi connectivity index (χ3n) is 7.20. The lowest BCUT2D eigenvalue weighted by molar-refractivity contribution is -0.131. The van der Waals surface area contributed by atoms with E-state index in [9.17, 15) is 14.4 Å². The third kappa shape index (κ3) is 3.80. The molecule has 1 saturated heterocycles. The van der Waals surface area contributed by atoms with Crippen molar-refractivity contribution in [1.29, 1.82) is 0 Å². The molecule has 0 spiro atoms. The molecule has 6 rings (SSSR count). The number of aromatic amines is 1. The number of fused-ring (bicyclic) bond motifs is 4. The van der Waals surface area contributed by atoms with Crippen molar-refractivity contribution in [3.8, 4) is 0 Å². The molecule has 2 aliphatic heterocycles. The summed E-state index contributed by atoms with van der Waals surface area (Å²) in [7, 11) is 0. The lowest BCUT2D eigenvalue weighted by Crippen LogP contribution is -2.57. The molecule has 1 aliphatic carbocycles.